The summed E-state index contributed by atoms with van der Waals surface area (Å²) in [5, 5.41) is 14.5. The maximum absolute atomic E-state index is 14.1. The molecule has 0 spiro atoms. The minimum atomic E-state index is -0.553. The minimum absolute atomic E-state index is 0.0673. The number of aliphatic hydroxyl groups excluding tert-OH is 1. The lowest BCUT2D eigenvalue weighted by atomic mass is 9.81. The third-order valence-electron chi connectivity index (χ3n) is 8.95. The van der Waals surface area contributed by atoms with Gasteiger partial charge in [0, 0.05) is 53.1 Å². The van der Waals surface area contributed by atoms with Gasteiger partial charge in [-0.25, -0.2) is 4.98 Å². The van der Waals surface area contributed by atoms with Gasteiger partial charge in [-0.15, -0.1) is 11.3 Å². The van der Waals surface area contributed by atoms with E-state index in [9.17, 15) is 14.7 Å². The number of ketones is 1. The Bertz CT molecular complexity index is 1550. The summed E-state index contributed by atoms with van der Waals surface area (Å²) in [5.41, 5.74) is 4.28. The fraction of sp³-hybridized carbons (Fsp3) is 0.400. The van der Waals surface area contributed by atoms with Crippen LogP contribution in [0.2, 0.25) is 0 Å². The lowest BCUT2D eigenvalue weighted by Crippen LogP contribution is -2.32. The van der Waals surface area contributed by atoms with E-state index in [4.69, 9.17) is 0 Å². The van der Waals surface area contributed by atoms with Crippen LogP contribution in [-0.4, -0.2) is 49.3 Å². The average molecular weight is 595 g/mol. The second-order valence-corrected chi connectivity index (χ2v) is 12.9. The summed E-state index contributed by atoms with van der Waals surface area (Å²) in [6.45, 7) is 2.62. The zero-order valence-electron chi connectivity index (χ0n) is 24.6. The molecule has 3 atom stereocenters. The Morgan fingerprint density at radius 1 is 1.02 bits per heavy atom. The molecule has 1 aliphatic heterocycles. The highest BCUT2D eigenvalue weighted by Crippen LogP contribution is 2.36. The highest BCUT2D eigenvalue weighted by atomic mass is 32.1. The number of benzene rings is 2. The van der Waals surface area contributed by atoms with Crippen LogP contribution in [-0.2, 0) is 6.42 Å². The Kier molecular flexibility index (Phi) is 9.05. The zero-order valence-corrected chi connectivity index (χ0v) is 25.4. The van der Waals surface area contributed by atoms with Crippen LogP contribution in [0.4, 0.5) is 0 Å². The highest BCUT2D eigenvalue weighted by Gasteiger charge is 2.34. The molecule has 4 aromatic rings. The quantitative estimate of drug-likeness (QED) is 0.201. The molecular weight excluding hydrogens is 556 g/mol. The first kappa shape index (κ1) is 29.3. The molecule has 0 bridgehead atoms. The molecule has 2 aromatic carbocycles. The Morgan fingerprint density at radius 3 is 2.53 bits per heavy atom. The van der Waals surface area contributed by atoms with Gasteiger partial charge in [0.1, 0.15) is 5.01 Å². The smallest absolute Gasteiger partial charge is 0.254 e. The van der Waals surface area contributed by atoms with E-state index >= 15 is 0 Å². The molecule has 2 aliphatic rings. The number of aliphatic hydroxyl groups is 1. The van der Waals surface area contributed by atoms with Crippen molar-refractivity contribution in [1.29, 1.82) is 0 Å². The predicted molar refractivity (Wildman–Crippen MR) is 168 cm³/mol. The van der Waals surface area contributed by atoms with Crippen molar-refractivity contribution < 1.29 is 14.7 Å². The molecule has 1 aliphatic carbocycles. The molecule has 6 rings (SSSR count). The molecule has 0 radical (unpaired) electrons. The van der Waals surface area contributed by atoms with Crippen molar-refractivity contribution in [2.24, 2.45) is 11.8 Å². The Balaban J connectivity index is 1.32. The van der Waals surface area contributed by atoms with Crippen molar-refractivity contribution in [3.63, 3.8) is 0 Å². The van der Waals surface area contributed by atoms with Crippen molar-refractivity contribution in [2.45, 2.75) is 70.4 Å². The van der Waals surface area contributed by atoms with Gasteiger partial charge in [0.05, 0.1) is 24.0 Å². The number of nitrogens with zero attached hydrogens (tertiary/aromatic N) is 4. The fourth-order valence-corrected chi connectivity index (χ4v) is 7.68. The van der Waals surface area contributed by atoms with Crippen LogP contribution in [0.25, 0.3) is 11.3 Å². The molecular formula is C35H38N4O3S. The second-order valence-electron chi connectivity index (χ2n) is 12.0. The molecule has 2 aromatic heterocycles. The van der Waals surface area contributed by atoms with Crippen molar-refractivity contribution in [3.8, 4) is 11.3 Å². The topological polar surface area (TPSA) is 96.3 Å². The average Bonchev–Trinajstić information content (AvgIpc) is 3.83. The van der Waals surface area contributed by atoms with Gasteiger partial charge >= 0.3 is 0 Å². The number of carbonyl (C=O) groups is 2. The van der Waals surface area contributed by atoms with Gasteiger partial charge in [0.25, 0.3) is 5.91 Å². The largest absolute Gasteiger partial charge is 0.393 e. The molecule has 7 nitrogen and oxygen atoms in total. The lowest BCUT2D eigenvalue weighted by molar-refractivity contribution is 0.0456. The normalized spacial score (nSPS) is 18.6. The first-order valence-corrected chi connectivity index (χ1v) is 16.2. The second kappa shape index (κ2) is 13.3. The third kappa shape index (κ3) is 6.76. The maximum Gasteiger partial charge on any atom is 0.254 e. The molecule has 8 heteroatoms. The number of thiazole rings is 1. The van der Waals surface area contributed by atoms with Crippen molar-refractivity contribution in [2.75, 3.05) is 6.54 Å². The Hall–Kier alpha value is -3.75. The van der Waals surface area contributed by atoms with Gasteiger partial charge < -0.3 is 10.0 Å². The van der Waals surface area contributed by atoms with E-state index in [1.807, 2.05) is 47.5 Å². The first-order valence-electron chi connectivity index (χ1n) is 15.4. The number of rotatable bonds is 10. The van der Waals surface area contributed by atoms with E-state index in [1.165, 1.54) is 0 Å². The number of likely N-dealkylation sites (tertiary alicyclic amines) is 1. The summed E-state index contributed by atoms with van der Waals surface area (Å²) in [6.07, 6.45) is 11.2. The van der Waals surface area contributed by atoms with E-state index in [1.54, 1.807) is 36.0 Å². The van der Waals surface area contributed by atoms with Gasteiger partial charge in [0.15, 0.2) is 5.78 Å². The van der Waals surface area contributed by atoms with Crippen LogP contribution >= 0.6 is 11.3 Å². The van der Waals surface area contributed by atoms with Gasteiger partial charge in [0.2, 0.25) is 0 Å². The molecule has 222 valence electrons. The summed E-state index contributed by atoms with van der Waals surface area (Å²) in [5.74, 6) is -0.187. The monoisotopic (exact) mass is 594 g/mol. The number of aryl methyl sites for hydroxylation is 1. The SMILES string of the molecule is Cc1csc(C2CCCN2C(=O)c2cc(C(=O)C[C@@H](Cc3ccccc3)[C@H](O)C3CCCC3)cc(-c3cnccn3)c2)n1. The minimum Gasteiger partial charge on any atom is -0.393 e. The molecule has 1 saturated carbocycles. The third-order valence-corrected chi connectivity index (χ3v) is 10.0. The van der Waals surface area contributed by atoms with Crippen LogP contribution < -0.4 is 0 Å². The predicted octanol–water partition coefficient (Wildman–Crippen LogP) is 6.87. The van der Waals surface area contributed by atoms with E-state index in [0.29, 0.717) is 35.3 Å². The van der Waals surface area contributed by atoms with Crippen LogP contribution in [0.5, 0.6) is 0 Å². The van der Waals surface area contributed by atoms with Gasteiger partial charge in [-0.2, -0.15) is 0 Å². The summed E-state index contributed by atoms with van der Waals surface area (Å²) < 4.78 is 0. The van der Waals surface area contributed by atoms with Gasteiger partial charge in [-0.1, -0.05) is 43.2 Å². The molecule has 1 amide bonds. The first-order chi connectivity index (χ1) is 21.0. The van der Waals surface area contributed by atoms with Crippen LogP contribution in [0.15, 0.2) is 72.5 Å². The molecule has 3 heterocycles. The number of amides is 1. The van der Waals surface area contributed by atoms with Crippen molar-refractivity contribution in [1.82, 2.24) is 19.9 Å². The van der Waals surface area contributed by atoms with E-state index in [-0.39, 0.29) is 36.0 Å². The Labute approximate surface area is 257 Å². The zero-order chi connectivity index (χ0) is 29.8. The van der Waals surface area contributed by atoms with E-state index < -0.39 is 6.10 Å². The molecule has 2 fully saturated rings. The van der Waals surface area contributed by atoms with Crippen molar-refractivity contribution in [3.05, 3.63) is 99.9 Å². The van der Waals surface area contributed by atoms with Crippen LogP contribution in [0.3, 0.4) is 0 Å². The summed E-state index contributed by atoms with van der Waals surface area (Å²) in [6, 6.07) is 15.4. The summed E-state index contributed by atoms with van der Waals surface area (Å²) >= 11 is 1.59. The molecule has 1 saturated heterocycles. The number of hydrogen-bond acceptors (Lipinski definition) is 7. The van der Waals surface area contributed by atoms with Crippen molar-refractivity contribution >= 4 is 23.0 Å². The highest BCUT2D eigenvalue weighted by molar-refractivity contribution is 7.09. The summed E-state index contributed by atoms with van der Waals surface area (Å²) in [4.78, 5) is 43.4. The molecule has 43 heavy (non-hydrogen) atoms. The van der Waals surface area contributed by atoms with Gasteiger partial charge in [-0.3, -0.25) is 19.6 Å². The number of carbonyl (C=O) groups excluding carboxylic acids is 2. The number of hydrogen-bond donors (Lipinski definition) is 1. The van der Waals surface area contributed by atoms with E-state index in [0.717, 1.165) is 54.8 Å². The van der Waals surface area contributed by atoms with E-state index in [2.05, 4.69) is 27.1 Å². The maximum atomic E-state index is 14.1. The van der Waals surface area contributed by atoms with Crippen LogP contribution in [0, 0.1) is 18.8 Å². The number of Topliss-reactive ketones (excluding diaryl/α,β-unsaturated/α-hetero) is 1. The van der Waals surface area contributed by atoms with Crippen LogP contribution in [0.1, 0.15) is 88.0 Å². The number of aromatic nitrogens is 3. The summed E-state index contributed by atoms with van der Waals surface area (Å²) in [7, 11) is 0. The molecule has 1 unspecified atom stereocenters. The molecule has 1 N–H and O–H groups in total. The standard InChI is InChI=1S/C35H38N4O3S/c1-23-22-43-34(38-23)31-12-7-15-39(31)35(42)29-18-26(30-21-36-13-14-37-30)17-27(19-29)32(40)20-28(16-24-8-3-2-4-9-24)33(41)25-10-5-6-11-25/h2-4,8-9,13-14,17-19,21-22,25,28,31,33,41H,5-7,10-12,15-16,20H2,1H3/t28-,31?,33-/m1/s1. The lowest BCUT2D eigenvalue weighted by Gasteiger charge is -2.27. The Morgan fingerprint density at radius 2 is 1.81 bits per heavy atom. The fourth-order valence-electron chi connectivity index (χ4n) is 6.74. The van der Waals surface area contributed by atoms with Gasteiger partial charge in [-0.05, 0) is 74.6 Å².